The highest BCUT2D eigenvalue weighted by Gasteiger charge is 2.15. The van der Waals surface area contributed by atoms with Gasteiger partial charge in [0.25, 0.3) is 0 Å². The Kier molecular flexibility index (Phi) is 4.76. The van der Waals surface area contributed by atoms with Gasteiger partial charge in [-0.1, -0.05) is 17.7 Å². The number of amides is 2. The number of carbonyl (C=O) groups is 1. The van der Waals surface area contributed by atoms with Gasteiger partial charge in [-0.05, 0) is 30.5 Å². The fourth-order valence-corrected chi connectivity index (χ4v) is 2.76. The van der Waals surface area contributed by atoms with Crippen molar-refractivity contribution in [2.45, 2.75) is 38.9 Å². The summed E-state index contributed by atoms with van der Waals surface area (Å²) in [6, 6.07) is 4.03. The number of nitrogens with one attached hydrogen (secondary N) is 2. The van der Waals surface area contributed by atoms with Crippen molar-refractivity contribution in [3.05, 3.63) is 46.3 Å². The third-order valence-electron chi connectivity index (χ3n) is 3.78. The first kappa shape index (κ1) is 15.7. The van der Waals surface area contributed by atoms with Gasteiger partial charge in [0.05, 0.1) is 11.6 Å². The second-order valence-corrected chi connectivity index (χ2v) is 5.83. The van der Waals surface area contributed by atoms with Crippen molar-refractivity contribution in [3.63, 3.8) is 0 Å². The molecule has 2 N–H and O–H groups in total. The van der Waals surface area contributed by atoms with Crippen molar-refractivity contribution >= 4 is 17.6 Å². The van der Waals surface area contributed by atoms with Crippen LogP contribution < -0.4 is 10.6 Å². The number of aryl methyl sites for hydroxylation is 1. The molecule has 0 fully saturated rings. The van der Waals surface area contributed by atoms with Crippen LogP contribution >= 0.6 is 11.6 Å². The number of aromatic nitrogens is 3. The highest BCUT2D eigenvalue weighted by atomic mass is 35.5. The highest BCUT2D eigenvalue weighted by molar-refractivity contribution is 6.30. The van der Waals surface area contributed by atoms with Crippen LogP contribution in [0.15, 0.2) is 18.2 Å². The molecule has 2 amide bonds. The molecule has 8 heteroatoms. The summed E-state index contributed by atoms with van der Waals surface area (Å²) >= 11 is 5.70. The van der Waals surface area contributed by atoms with Crippen molar-refractivity contribution in [3.8, 4) is 0 Å². The zero-order chi connectivity index (χ0) is 16.2. The van der Waals surface area contributed by atoms with Gasteiger partial charge in [0.1, 0.15) is 11.6 Å². The van der Waals surface area contributed by atoms with E-state index in [1.807, 2.05) is 0 Å². The highest BCUT2D eigenvalue weighted by Crippen LogP contribution is 2.16. The van der Waals surface area contributed by atoms with Crippen LogP contribution in [0.1, 0.15) is 30.1 Å². The van der Waals surface area contributed by atoms with Crippen LogP contribution in [0.4, 0.5) is 9.18 Å². The van der Waals surface area contributed by atoms with Gasteiger partial charge in [-0.2, -0.15) is 0 Å². The normalized spacial score (nSPS) is 13.5. The molecule has 0 atom stereocenters. The smallest absolute Gasteiger partial charge is 0.315 e. The Morgan fingerprint density at radius 1 is 1.26 bits per heavy atom. The number of nitrogens with zero attached hydrogens (tertiary/aromatic N) is 3. The summed E-state index contributed by atoms with van der Waals surface area (Å²) in [6.45, 7) is 1.49. The van der Waals surface area contributed by atoms with Crippen LogP contribution in [0, 0.1) is 5.82 Å². The summed E-state index contributed by atoms with van der Waals surface area (Å²) in [5.41, 5.74) is 0.728. The maximum atomic E-state index is 13.1. The lowest BCUT2D eigenvalue weighted by Crippen LogP contribution is -2.35. The minimum atomic E-state index is -0.476. The van der Waals surface area contributed by atoms with Crippen LogP contribution in [0.3, 0.4) is 0 Å². The minimum Gasteiger partial charge on any atom is -0.334 e. The van der Waals surface area contributed by atoms with Crippen molar-refractivity contribution < 1.29 is 9.18 Å². The maximum absolute atomic E-state index is 13.1. The van der Waals surface area contributed by atoms with Gasteiger partial charge < -0.3 is 15.2 Å². The minimum absolute atomic E-state index is 0.0415. The quantitative estimate of drug-likeness (QED) is 0.900. The second-order valence-electron chi connectivity index (χ2n) is 5.43. The average Bonchev–Trinajstić information content (AvgIpc) is 2.97. The molecule has 0 spiro atoms. The summed E-state index contributed by atoms with van der Waals surface area (Å²) in [5.74, 6) is 1.27. The van der Waals surface area contributed by atoms with E-state index >= 15 is 0 Å². The molecular formula is C15H17ClFN5O. The Labute approximate surface area is 138 Å². The predicted molar refractivity (Wildman–Crippen MR) is 83.4 cm³/mol. The number of carbonyl (C=O) groups excluding carboxylic acids is 1. The van der Waals surface area contributed by atoms with E-state index in [-0.39, 0.29) is 17.6 Å². The van der Waals surface area contributed by atoms with Crippen molar-refractivity contribution in [2.75, 3.05) is 0 Å². The standard InChI is InChI=1S/C15H17ClFN5O/c16-11-7-10(4-5-12(11)17)8-18-15(23)19-9-14-21-20-13-3-1-2-6-22(13)14/h4-5,7H,1-3,6,8-9H2,(H2,18,19,23). The van der Waals surface area contributed by atoms with E-state index in [1.54, 1.807) is 6.07 Å². The molecule has 1 aromatic carbocycles. The lowest BCUT2D eigenvalue weighted by Gasteiger charge is -2.15. The molecule has 122 valence electrons. The Bertz CT molecular complexity index is 718. The number of rotatable bonds is 4. The molecule has 6 nitrogen and oxygen atoms in total. The largest absolute Gasteiger partial charge is 0.334 e. The van der Waals surface area contributed by atoms with Gasteiger partial charge in [0.15, 0.2) is 5.82 Å². The Morgan fingerprint density at radius 3 is 2.91 bits per heavy atom. The van der Waals surface area contributed by atoms with Crippen molar-refractivity contribution in [2.24, 2.45) is 0 Å². The van der Waals surface area contributed by atoms with E-state index in [0.29, 0.717) is 6.54 Å². The fraction of sp³-hybridized carbons (Fsp3) is 0.400. The fourth-order valence-electron chi connectivity index (χ4n) is 2.55. The molecule has 0 saturated heterocycles. The average molecular weight is 338 g/mol. The van der Waals surface area contributed by atoms with E-state index in [0.717, 1.165) is 43.0 Å². The number of halogens is 2. The molecule has 1 aliphatic heterocycles. The summed E-state index contributed by atoms with van der Waals surface area (Å²) in [4.78, 5) is 11.8. The zero-order valence-electron chi connectivity index (χ0n) is 12.5. The van der Waals surface area contributed by atoms with Crippen molar-refractivity contribution in [1.29, 1.82) is 0 Å². The Morgan fingerprint density at radius 2 is 2.09 bits per heavy atom. The number of hydrogen-bond acceptors (Lipinski definition) is 3. The van der Waals surface area contributed by atoms with Gasteiger partial charge in [-0.15, -0.1) is 10.2 Å². The third-order valence-corrected chi connectivity index (χ3v) is 4.07. The van der Waals surface area contributed by atoms with Gasteiger partial charge in [0, 0.05) is 19.5 Å². The topological polar surface area (TPSA) is 71.8 Å². The molecule has 0 bridgehead atoms. The summed E-state index contributed by atoms with van der Waals surface area (Å²) in [6.07, 6.45) is 3.17. The van der Waals surface area contributed by atoms with E-state index in [2.05, 4.69) is 25.4 Å². The van der Waals surface area contributed by atoms with Crippen LogP contribution in [0.2, 0.25) is 5.02 Å². The van der Waals surface area contributed by atoms with Gasteiger partial charge in [0.2, 0.25) is 0 Å². The van der Waals surface area contributed by atoms with E-state index in [9.17, 15) is 9.18 Å². The second kappa shape index (κ2) is 6.95. The van der Waals surface area contributed by atoms with Crippen LogP contribution in [-0.2, 0) is 26.1 Å². The maximum Gasteiger partial charge on any atom is 0.315 e. The molecular weight excluding hydrogens is 321 g/mol. The molecule has 0 unspecified atom stereocenters. The summed E-state index contributed by atoms with van der Waals surface area (Å²) in [7, 11) is 0. The molecule has 1 aliphatic rings. The van der Waals surface area contributed by atoms with Crippen molar-refractivity contribution in [1.82, 2.24) is 25.4 Å². The summed E-state index contributed by atoms with van der Waals surface area (Å²) < 4.78 is 15.1. The predicted octanol–water partition coefficient (Wildman–Crippen LogP) is 2.41. The number of fused-ring (bicyclic) bond motifs is 1. The number of benzene rings is 1. The number of hydrogen-bond donors (Lipinski definition) is 2. The Balaban J connectivity index is 1.50. The third kappa shape index (κ3) is 3.79. The van der Waals surface area contributed by atoms with Crippen LogP contribution in [0.5, 0.6) is 0 Å². The van der Waals surface area contributed by atoms with E-state index in [1.165, 1.54) is 12.1 Å². The molecule has 0 radical (unpaired) electrons. The first-order chi connectivity index (χ1) is 11.1. The zero-order valence-corrected chi connectivity index (χ0v) is 13.2. The monoisotopic (exact) mass is 337 g/mol. The Hall–Kier alpha value is -2.15. The van der Waals surface area contributed by atoms with Crippen LogP contribution in [-0.4, -0.2) is 20.8 Å². The van der Waals surface area contributed by atoms with Gasteiger partial charge >= 0.3 is 6.03 Å². The molecule has 2 aromatic rings. The molecule has 2 heterocycles. The van der Waals surface area contributed by atoms with E-state index < -0.39 is 5.82 Å². The molecule has 23 heavy (non-hydrogen) atoms. The lowest BCUT2D eigenvalue weighted by atomic mass is 10.2. The van der Waals surface area contributed by atoms with E-state index in [4.69, 9.17) is 11.6 Å². The van der Waals surface area contributed by atoms with Crippen LogP contribution in [0.25, 0.3) is 0 Å². The lowest BCUT2D eigenvalue weighted by molar-refractivity contribution is 0.239. The number of urea groups is 1. The van der Waals surface area contributed by atoms with Gasteiger partial charge in [-0.3, -0.25) is 0 Å². The first-order valence-corrected chi connectivity index (χ1v) is 7.88. The van der Waals surface area contributed by atoms with Gasteiger partial charge in [-0.25, -0.2) is 9.18 Å². The summed E-state index contributed by atoms with van der Waals surface area (Å²) in [5, 5.41) is 13.7. The molecule has 0 saturated carbocycles. The molecule has 3 rings (SSSR count). The first-order valence-electron chi connectivity index (χ1n) is 7.50. The molecule has 1 aromatic heterocycles. The SMILES string of the molecule is O=C(NCc1ccc(F)c(Cl)c1)NCc1nnc2n1CCCC2. The molecule has 0 aliphatic carbocycles.